The van der Waals surface area contributed by atoms with E-state index < -0.39 is 12.1 Å². The molecule has 0 aromatic heterocycles. The van der Waals surface area contributed by atoms with Crippen LogP contribution in [0.3, 0.4) is 0 Å². The third kappa shape index (κ3) is 55.9. The number of hydrogen-bond donors (Lipinski definition) is 3. The van der Waals surface area contributed by atoms with Crippen molar-refractivity contribution in [3.05, 3.63) is 12.2 Å². The summed E-state index contributed by atoms with van der Waals surface area (Å²) in [4.78, 5) is 24.5. The number of aliphatic hydroxyl groups is 2. The average molecular weight is 989 g/mol. The van der Waals surface area contributed by atoms with E-state index in [1.165, 1.54) is 295 Å². The number of allylic oxidation sites excluding steroid dienone is 1. The Balaban J connectivity index is 3.35. The van der Waals surface area contributed by atoms with Crippen molar-refractivity contribution in [2.75, 3.05) is 13.2 Å². The number of nitrogens with one attached hydrogen (secondary N) is 1. The van der Waals surface area contributed by atoms with Crippen LogP contribution in [0.25, 0.3) is 0 Å². The number of hydrogen-bond acceptors (Lipinski definition) is 5. The molecule has 3 N–H and O–H groups in total. The number of amides is 1. The zero-order chi connectivity index (χ0) is 50.7. The van der Waals surface area contributed by atoms with Gasteiger partial charge in [0.15, 0.2) is 0 Å². The first-order valence-electron chi connectivity index (χ1n) is 32.0. The Kier molecular flexibility index (Phi) is 59.0. The number of unbranched alkanes of at least 4 members (excludes halogenated alkanes) is 49. The minimum absolute atomic E-state index is 0.0195. The first kappa shape index (κ1) is 68.6. The van der Waals surface area contributed by atoms with Gasteiger partial charge in [0.2, 0.25) is 5.91 Å². The van der Waals surface area contributed by atoms with Crippen LogP contribution in [0.2, 0.25) is 0 Å². The summed E-state index contributed by atoms with van der Waals surface area (Å²) in [5.41, 5.74) is 0. The summed E-state index contributed by atoms with van der Waals surface area (Å²) in [6.07, 6.45) is 72.6. The quantitative estimate of drug-likeness (QED) is 0.0321. The lowest BCUT2D eigenvalue weighted by Crippen LogP contribution is -2.45. The van der Waals surface area contributed by atoms with Crippen molar-refractivity contribution in [3.8, 4) is 0 Å². The zero-order valence-electron chi connectivity index (χ0n) is 47.5. The summed E-state index contributed by atoms with van der Waals surface area (Å²) in [5, 5.41) is 23.1. The van der Waals surface area contributed by atoms with Gasteiger partial charge in [0.25, 0.3) is 0 Å². The second-order valence-corrected chi connectivity index (χ2v) is 22.1. The minimum Gasteiger partial charge on any atom is -0.466 e. The van der Waals surface area contributed by atoms with Crippen LogP contribution in [0, 0.1) is 0 Å². The summed E-state index contributed by atoms with van der Waals surface area (Å²) < 4.78 is 5.49. The minimum atomic E-state index is -0.841. The zero-order valence-corrected chi connectivity index (χ0v) is 47.5. The molecular formula is C64H125NO5. The largest absolute Gasteiger partial charge is 0.466 e. The third-order valence-corrected chi connectivity index (χ3v) is 15.1. The molecular weight excluding hydrogens is 863 g/mol. The number of ether oxygens (including phenoxy) is 1. The van der Waals surface area contributed by atoms with E-state index in [1.54, 1.807) is 6.08 Å². The van der Waals surface area contributed by atoms with Crippen LogP contribution in [0.4, 0.5) is 0 Å². The highest BCUT2D eigenvalue weighted by atomic mass is 16.5. The highest BCUT2D eigenvalue weighted by Crippen LogP contribution is 2.18. The van der Waals surface area contributed by atoms with Crippen molar-refractivity contribution in [2.24, 2.45) is 0 Å². The van der Waals surface area contributed by atoms with E-state index in [4.69, 9.17) is 4.74 Å². The van der Waals surface area contributed by atoms with Gasteiger partial charge in [0.05, 0.1) is 25.4 Å². The topological polar surface area (TPSA) is 95.9 Å². The van der Waals surface area contributed by atoms with Crippen LogP contribution in [0.15, 0.2) is 12.2 Å². The van der Waals surface area contributed by atoms with Gasteiger partial charge in [-0.15, -0.1) is 0 Å². The fraction of sp³-hybridized carbons (Fsp3) is 0.938. The predicted molar refractivity (Wildman–Crippen MR) is 306 cm³/mol. The Morgan fingerprint density at radius 1 is 0.386 bits per heavy atom. The number of rotatable bonds is 60. The van der Waals surface area contributed by atoms with Crippen molar-refractivity contribution in [1.82, 2.24) is 5.32 Å². The number of aliphatic hydroxyl groups excluding tert-OH is 2. The molecule has 1 amide bonds. The van der Waals surface area contributed by atoms with Gasteiger partial charge in [-0.3, -0.25) is 9.59 Å². The second-order valence-electron chi connectivity index (χ2n) is 22.1. The van der Waals surface area contributed by atoms with Gasteiger partial charge < -0.3 is 20.3 Å². The molecule has 6 heteroatoms. The van der Waals surface area contributed by atoms with Gasteiger partial charge in [-0.05, 0) is 32.1 Å². The lowest BCUT2D eigenvalue weighted by atomic mass is 10.0. The van der Waals surface area contributed by atoms with Crippen LogP contribution in [-0.2, 0) is 14.3 Å². The van der Waals surface area contributed by atoms with Crippen LogP contribution in [0.5, 0.6) is 0 Å². The molecule has 0 radical (unpaired) electrons. The molecule has 0 rings (SSSR count). The lowest BCUT2D eigenvalue weighted by Gasteiger charge is -2.20. The molecule has 0 saturated carbocycles. The predicted octanol–water partition coefficient (Wildman–Crippen LogP) is 20.0. The number of carbonyl (C=O) groups excluding carboxylic acids is 2. The third-order valence-electron chi connectivity index (χ3n) is 15.1. The second kappa shape index (κ2) is 60.2. The molecule has 0 aromatic rings. The van der Waals surface area contributed by atoms with Crippen molar-refractivity contribution >= 4 is 11.9 Å². The fourth-order valence-corrected chi connectivity index (χ4v) is 10.2. The first-order valence-corrected chi connectivity index (χ1v) is 32.0. The molecule has 0 fully saturated rings. The molecule has 2 atom stereocenters. The van der Waals surface area contributed by atoms with E-state index in [0.717, 1.165) is 38.5 Å². The first-order chi connectivity index (χ1) is 34.5. The smallest absolute Gasteiger partial charge is 0.305 e. The number of carbonyl (C=O) groups is 2. The molecule has 0 aliphatic heterocycles. The van der Waals surface area contributed by atoms with E-state index >= 15 is 0 Å². The van der Waals surface area contributed by atoms with Crippen LogP contribution < -0.4 is 5.32 Å². The lowest BCUT2D eigenvalue weighted by molar-refractivity contribution is -0.143. The molecule has 70 heavy (non-hydrogen) atoms. The van der Waals surface area contributed by atoms with Crippen molar-refractivity contribution in [1.29, 1.82) is 0 Å². The summed E-state index contributed by atoms with van der Waals surface area (Å²) >= 11 is 0. The molecule has 0 aromatic carbocycles. The fourth-order valence-electron chi connectivity index (χ4n) is 10.2. The van der Waals surface area contributed by atoms with Gasteiger partial charge in [-0.2, -0.15) is 0 Å². The van der Waals surface area contributed by atoms with Crippen molar-refractivity contribution in [2.45, 2.75) is 373 Å². The van der Waals surface area contributed by atoms with Gasteiger partial charge in [-0.1, -0.05) is 328 Å². The molecule has 0 heterocycles. The van der Waals surface area contributed by atoms with E-state index in [1.807, 2.05) is 6.08 Å². The summed E-state index contributed by atoms with van der Waals surface area (Å²) in [5.74, 6) is -0.0452. The molecule has 0 bridgehead atoms. The molecule has 0 spiro atoms. The Hall–Kier alpha value is -1.40. The van der Waals surface area contributed by atoms with Crippen molar-refractivity contribution < 1.29 is 24.5 Å². The summed E-state index contributed by atoms with van der Waals surface area (Å²) in [6.45, 7) is 4.93. The Labute approximate surface area is 438 Å². The Morgan fingerprint density at radius 3 is 0.971 bits per heavy atom. The van der Waals surface area contributed by atoms with Crippen LogP contribution in [0.1, 0.15) is 361 Å². The summed E-state index contributed by atoms with van der Waals surface area (Å²) in [7, 11) is 0. The van der Waals surface area contributed by atoms with E-state index in [-0.39, 0.29) is 18.5 Å². The normalized spacial score (nSPS) is 12.6. The summed E-state index contributed by atoms with van der Waals surface area (Å²) in [6, 6.07) is -0.625. The van der Waals surface area contributed by atoms with Gasteiger partial charge in [-0.25, -0.2) is 0 Å². The van der Waals surface area contributed by atoms with Gasteiger partial charge in [0, 0.05) is 12.8 Å². The highest BCUT2D eigenvalue weighted by Gasteiger charge is 2.18. The Bertz CT molecular complexity index is 1050. The standard InChI is InChI=1S/C64H125NO5/c1-3-5-7-9-11-13-15-17-29-34-38-42-46-50-54-58-64(69)70-59-55-51-47-43-39-35-31-28-26-24-22-20-18-19-21-23-25-27-30-33-37-41-45-49-53-57-63(68)65-61(60-66)62(67)56-52-48-44-40-36-32-16-14-12-10-8-6-4-2/h52,56,61-62,66-67H,3-51,53-55,57-60H2,1-2H3,(H,65,68)/b56-52+. The molecule has 0 aliphatic rings. The number of esters is 1. The SMILES string of the molecule is CCCCCCCCCCCCC/C=C/C(O)C(CO)NC(=O)CCCCCCCCCCCCCCCCCCCCCCCCCCCOC(=O)CCCCCCCCCCCCCCCCC. The van der Waals surface area contributed by atoms with Gasteiger partial charge >= 0.3 is 5.97 Å². The van der Waals surface area contributed by atoms with E-state index in [9.17, 15) is 19.8 Å². The molecule has 416 valence electrons. The molecule has 2 unspecified atom stereocenters. The maximum atomic E-state index is 12.4. The van der Waals surface area contributed by atoms with Crippen LogP contribution in [-0.4, -0.2) is 47.4 Å². The molecule has 6 nitrogen and oxygen atoms in total. The average Bonchev–Trinajstić information content (AvgIpc) is 3.36. The highest BCUT2D eigenvalue weighted by molar-refractivity contribution is 5.76. The van der Waals surface area contributed by atoms with Crippen molar-refractivity contribution in [3.63, 3.8) is 0 Å². The maximum absolute atomic E-state index is 12.4. The van der Waals surface area contributed by atoms with E-state index in [0.29, 0.717) is 19.4 Å². The van der Waals surface area contributed by atoms with Crippen LogP contribution >= 0.6 is 0 Å². The van der Waals surface area contributed by atoms with Gasteiger partial charge in [0.1, 0.15) is 0 Å². The monoisotopic (exact) mass is 988 g/mol. The Morgan fingerprint density at radius 2 is 0.657 bits per heavy atom. The molecule has 0 aliphatic carbocycles. The molecule has 0 saturated heterocycles. The maximum Gasteiger partial charge on any atom is 0.305 e. The van der Waals surface area contributed by atoms with E-state index in [2.05, 4.69) is 19.2 Å².